The Morgan fingerprint density at radius 3 is 2.69 bits per heavy atom. The van der Waals surface area contributed by atoms with Crippen LogP contribution in [0.15, 0.2) is 18.2 Å². The Morgan fingerprint density at radius 1 is 1.44 bits per heavy atom. The number of anilines is 1. The van der Waals surface area contributed by atoms with Gasteiger partial charge in [0.25, 0.3) is 0 Å². The Morgan fingerprint density at radius 2 is 2.19 bits per heavy atom. The molecule has 0 amide bonds. The van der Waals surface area contributed by atoms with Crippen LogP contribution in [0, 0.1) is 12.3 Å². The molecule has 0 spiro atoms. The number of benzene rings is 1. The molecule has 0 aromatic heterocycles. The zero-order valence-electron chi connectivity index (χ0n) is 10.0. The first kappa shape index (κ1) is 11.3. The van der Waals surface area contributed by atoms with Crippen LogP contribution in [0.2, 0.25) is 0 Å². The lowest BCUT2D eigenvalue weighted by Crippen LogP contribution is -2.24. The van der Waals surface area contributed by atoms with E-state index in [0.717, 1.165) is 30.1 Å². The predicted molar refractivity (Wildman–Crippen MR) is 66.9 cm³/mol. The van der Waals surface area contributed by atoms with Crippen molar-refractivity contribution in [2.24, 2.45) is 11.1 Å². The average Bonchev–Trinajstić information content (AvgIpc) is 3.07. The molecule has 3 heteroatoms. The van der Waals surface area contributed by atoms with Crippen LogP contribution in [0.25, 0.3) is 0 Å². The first-order valence-corrected chi connectivity index (χ1v) is 5.78. The van der Waals surface area contributed by atoms with Crippen LogP contribution in [-0.4, -0.2) is 20.2 Å². The van der Waals surface area contributed by atoms with Crippen LogP contribution in [0.3, 0.4) is 0 Å². The van der Waals surface area contributed by atoms with Gasteiger partial charge < -0.3 is 15.8 Å². The quantitative estimate of drug-likeness (QED) is 0.799. The lowest BCUT2D eigenvalue weighted by Gasteiger charge is -2.15. The van der Waals surface area contributed by atoms with Crippen molar-refractivity contribution in [3.8, 4) is 5.75 Å². The average molecular weight is 220 g/mol. The fourth-order valence-electron chi connectivity index (χ4n) is 1.91. The van der Waals surface area contributed by atoms with Crippen LogP contribution in [-0.2, 0) is 0 Å². The number of ether oxygens (including phenoxy) is 1. The largest absolute Gasteiger partial charge is 0.496 e. The predicted octanol–water partition coefficient (Wildman–Crippen LogP) is 2.15. The van der Waals surface area contributed by atoms with Gasteiger partial charge in [-0.1, -0.05) is 0 Å². The van der Waals surface area contributed by atoms with Crippen molar-refractivity contribution >= 4 is 5.69 Å². The van der Waals surface area contributed by atoms with Gasteiger partial charge in [-0.05, 0) is 55.5 Å². The van der Waals surface area contributed by atoms with Crippen LogP contribution >= 0.6 is 0 Å². The maximum Gasteiger partial charge on any atom is 0.121 e. The molecule has 1 aliphatic rings. The Bertz CT molecular complexity index is 372. The van der Waals surface area contributed by atoms with Crippen molar-refractivity contribution in [1.29, 1.82) is 0 Å². The molecule has 1 aromatic rings. The van der Waals surface area contributed by atoms with E-state index in [-0.39, 0.29) is 0 Å². The first-order valence-electron chi connectivity index (χ1n) is 5.78. The van der Waals surface area contributed by atoms with Gasteiger partial charge in [-0.25, -0.2) is 0 Å². The summed E-state index contributed by atoms with van der Waals surface area (Å²) in [5, 5.41) is 3.45. The van der Waals surface area contributed by atoms with Gasteiger partial charge in [0.05, 0.1) is 7.11 Å². The van der Waals surface area contributed by atoms with Crippen LogP contribution < -0.4 is 15.8 Å². The summed E-state index contributed by atoms with van der Waals surface area (Å²) in [6, 6.07) is 6.17. The van der Waals surface area contributed by atoms with Gasteiger partial charge in [0.1, 0.15) is 5.75 Å². The van der Waals surface area contributed by atoms with Crippen molar-refractivity contribution in [1.82, 2.24) is 0 Å². The maximum absolute atomic E-state index is 5.75. The fraction of sp³-hybridized carbons (Fsp3) is 0.538. The molecular formula is C13H20N2O. The van der Waals surface area contributed by atoms with E-state index in [1.165, 1.54) is 12.8 Å². The van der Waals surface area contributed by atoms with Crippen LogP contribution in [0.1, 0.15) is 18.4 Å². The molecular weight excluding hydrogens is 200 g/mol. The molecule has 16 heavy (non-hydrogen) atoms. The molecule has 0 heterocycles. The molecule has 3 nitrogen and oxygen atoms in total. The normalized spacial score (nSPS) is 16.9. The highest BCUT2D eigenvalue weighted by Crippen LogP contribution is 2.44. The molecule has 0 bridgehead atoms. The smallest absolute Gasteiger partial charge is 0.121 e. The standard InChI is InChI=1S/C13H20N2O/c1-10-7-11(3-4-12(10)16-2)15-9-13(8-14)5-6-13/h3-4,7,15H,5-6,8-9,14H2,1-2H3. The third kappa shape index (κ3) is 2.30. The molecule has 0 atom stereocenters. The lowest BCUT2D eigenvalue weighted by atomic mass is 10.1. The molecule has 1 aromatic carbocycles. The van der Waals surface area contributed by atoms with Crippen molar-refractivity contribution in [2.75, 3.05) is 25.5 Å². The van der Waals surface area contributed by atoms with Crippen molar-refractivity contribution in [3.63, 3.8) is 0 Å². The Labute approximate surface area is 97.0 Å². The summed E-state index contributed by atoms with van der Waals surface area (Å²) in [4.78, 5) is 0. The van der Waals surface area contributed by atoms with E-state index in [0.29, 0.717) is 5.41 Å². The second-order valence-electron chi connectivity index (χ2n) is 4.74. The Balaban J connectivity index is 1.97. The molecule has 0 unspecified atom stereocenters. The van der Waals surface area contributed by atoms with Crippen molar-refractivity contribution in [2.45, 2.75) is 19.8 Å². The monoisotopic (exact) mass is 220 g/mol. The molecule has 1 saturated carbocycles. The van der Waals surface area contributed by atoms with Crippen molar-refractivity contribution < 1.29 is 4.74 Å². The minimum Gasteiger partial charge on any atom is -0.496 e. The molecule has 0 aliphatic heterocycles. The van der Waals surface area contributed by atoms with Gasteiger partial charge in [0.2, 0.25) is 0 Å². The number of aryl methyl sites for hydroxylation is 1. The fourth-order valence-corrected chi connectivity index (χ4v) is 1.91. The SMILES string of the molecule is COc1ccc(NCC2(CN)CC2)cc1C. The number of nitrogens with one attached hydrogen (secondary N) is 1. The van der Waals surface area contributed by atoms with E-state index in [1.54, 1.807) is 7.11 Å². The zero-order chi connectivity index (χ0) is 11.6. The molecule has 0 saturated heterocycles. The summed E-state index contributed by atoms with van der Waals surface area (Å²) in [6.07, 6.45) is 2.51. The number of methoxy groups -OCH3 is 1. The molecule has 2 rings (SSSR count). The van der Waals surface area contributed by atoms with Gasteiger partial charge in [0.15, 0.2) is 0 Å². The third-order valence-corrected chi connectivity index (χ3v) is 3.45. The molecule has 1 aliphatic carbocycles. The number of hydrogen-bond acceptors (Lipinski definition) is 3. The summed E-state index contributed by atoms with van der Waals surface area (Å²) >= 11 is 0. The van der Waals surface area contributed by atoms with Gasteiger partial charge in [0, 0.05) is 12.2 Å². The Hall–Kier alpha value is -1.22. The van der Waals surface area contributed by atoms with Gasteiger partial charge in [-0.3, -0.25) is 0 Å². The highest BCUT2D eigenvalue weighted by Gasteiger charge is 2.40. The van der Waals surface area contributed by atoms with Crippen LogP contribution in [0.5, 0.6) is 5.75 Å². The topological polar surface area (TPSA) is 47.3 Å². The van der Waals surface area contributed by atoms with E-state index in [9.17, 15) is 0 Å². The number of hydrogen-bond donors (Lipinski definition) is 2. The van der Waals surface area contributed by atoms with E-state index < -0.39 is 0 Å². The number of rotatable bonds is 5. The third-order valence-electron chi connectivity index (χ3n) is 3.45. The lowest BCUT2D eigenvalue weighted by molar-refractivity contribution is 0.412. The molecule has 3 N–H and O–H groups in total. The summed E-state index contributed by atoms with van der Waals surface area (Å²) in [7, 11) is 1.70. The summed E-state index contributed by atoms with van der Waals surface area (Å²) in [5.74, 6) is 0.936. The van der Waals surface area contributed by atoms with E-state index >= 15 is 0 Å². The summed E-state index contributed by atoms with van der Waals surface area (Å²) < 4.78 is 5.23. The van der Waals surface area contributed by atoms with Gasteiger partial charge >= 0.3 is 0 Å². The van der Waals surface area contributed by atoms with E-state index in [2.05, 4.69) is 24.4 Å². The minimum absolute atomic E-state index is 0.369. The van der Waals surface area contributed by atoms with E-state index in [4.69, 9.17) is 10.5 Å². The second-order valence-corrected chi connectivity index (χ2v) is 4.74. The molecule has 1 fully saturated rings. The summed E-state index contributed by atoms with van der Waals surface area (Å²) in [6.45, 7) is 3.82. The van der Waals surface area contributed by atoms with Gasteiger partial charge in [-0.15, -0.1) is 0 Å². The van der Waals surface area contributed by atoms with Crippen LogP contribution in [0.4, 0.5) is 5.69 Å². The highest BCUT2D eigenvalue weighted by atomic mass is 16.5. The number of nitrogens with two attached hydrogens (primary N) is 1. The molecule has 0 radical (unpaired) electrons. The Kier molecular flexibility index (Phi) is 3.06. The second kappa shape index (κ2) is 4.34. The first-order chi connectivity index (χ1) is 7.69. The highest BCUT2D eigenvalue weighted by molar-refractivity contribution is 5.51. The zero-order valence-corrected chi connectivity index (χ0v) is 10.0. The van der Waals surface area contributed by atoms with Crippen molar-refractivity contribution in [3.05, 3.63) is 23.8 Å². The minimum atomic E-state index is 0.369. The summed E-state index contributed by atoms with van der Waals surface area (Å²) in [5.41, 5.74) is 8.43. The molecule has 88 valence electrons. The van der Waals surface area contributed by atoms with E-state index in [1.807, 2.05) is 6.07 Å². The maximum atomic E-state index is 5.75. The van der Waals surface area contributed by atoms with Gasteiger partial charge in [-0.2, -0.15) is 0 Å².